The number of nitro benzene ring substituents is 1. The molecule has 0 aliphatic heterocycles. The molecule has 1 atom stereocenters. The van der Waals surface area contributed by atoms with Crippen LogP contribution in [0.25, 0.3) is 11.5 Å². The molecular weight excluding hydrogens is 385 g/mol. The van der Waals surface area contributed by atoms with Crippen molar-refractivity contribution in [2.24, 2.45) is 0 Å². The van der Waals surface area contributed by atoms with Gasteiger partial charge >= 0.3 is 6.18 Å². The van der Waals surface area contributed by atoms with Gasteiger partial charge in [-0.1, -0.05) is 11.8 Å². The summed E-state index contributed by atoms with van der Waals surface area (Å²) in [6.45, 7) is 1.75. The second kappa shape index (κ2) is 7.35. The molecule has 0 saturated heterocycles. The van der Waals surface area contributed by atoms with Crippen LogP contribution in [0.3, 0.4) is 0 Å². The molecule has 2 heterocycles. The maximum Gasteiger partial charge on any atom is 0.417 e. The van der Waals surface area contributed by atoms with E-state index in [4.69, 9.17) is 4.42 Å². The molecule has 0 radical (unpaired) electrons. The van der Waals surface area contributed by atoms with Crippen molar-refractivity contribution in [3.05, 3.63) is 64.2 Å². The van der Waals surface area contributed by atoms with Gasteiger partial charge in [-0.15, -0.1) is 10.2 Å². The highest BCUT2D eigenvalue weighted by molar-refractivity contribution is 7.99. The van der Waals surface area contributed by atoms with Crippen molar-refractivity contribution in [1.82, 2.24) is 15.2 Å². The van der Waals surface area contributed by atoms with E-state index in [-0.39, 0.29) is 22.7 Å². The number of nitro groups is 1. The van der Waals surface area contributed by atoms with E-state index in [1.807, 2.05) is 0 Å². The van der Waals surface area contributed by atoms with Crippen molar-refractivity contribution in [2.75, 3.05) is 0 Å². The molecule has 0 bridgehead atoms. The summed E-state index contributed by atoms with van der Waals surface area (Å²) in [7, 11) is 0. The predicted octanol–water partition coefficient (Wildman–Crippen LogP) is 4.91. The number of hydrogen-bond acceptors (Lipinski definition) is 7. The van der Waals surface area contributed by atoms with Crippen LogP contribution < -0.4 is 0 Å². The van der Waals surface area contributed by atoms with Gasteiger partial charge in [0.25, 0.3) is 5.69 Å². The smallest absolute Gasteiger partial charge is 0.417 e. The average Bonchev–Trinajstić information content (AvgIpc) is 3.12. The van der Waals surface area contributed by atoms with Crippen LogP contribution in [0.5, 0.6) is 0 Å². The number of thioether (sulfide) groups is 1. The molecule has 3 rings (SSSR count). The average molecular weight is 396 g/mol. The molecule has 0 aliphatic rings. The van der Waals surface area contributed by atoms with E-state index in [1.165, 1.54) is 42.1 Å². The summed E-state index contributed by atoms with van der Waals surface area (Å²) in [5, 5.41) is 18.5. The molecule has 0 spiro atoms. The lowest BCUT2D eigenvalue weighted by molar-refractivity contribution is -0.384. The Kier molecular flexibility index (Phi) is 5.13. The second-order valence-electron chi connectivity index (χ2n) is 5.39. The monoisotopic (exact) mass is 396 g/mol. The Morgan fingerprint density at radius 1 is 1.15 bits per heavy atom. The van der Waals surface area contributed by atoms with Crippen molar-refractivity contribution in [2.45, 2.75) is 23.4 Å². The lowest BCUT2D eigenvalue weighted by Crippen LogP contribution is -2.05. The highest BCUT2D eigenvalue weighted by Crippen LogP contribution is 2.35. The molecule has 0 amide bonds. The fraction of sp³-hybridized carbons (Fsp3) is 0.188. The number of alkyl halides is 3. The fourth-order valence-electron chi connectivity index (χ4n) is 2.09. The highest BCUT2D eigenvalue weighted by atomic mass is 32.2. The third kappa shape index (κ3) is 4.42. The Morgan fingerprint density at radius 3 is 2.41 bits per heavy atom. The number of rotatable bonds is 5. The van der Waals surface area contributed by atoms with Crippen LogP contribution in [0.15, 0.2) is 52.0 Å². The minimum atomic E-state index is -4.44. The van der Waals surface area contributed by atoms with E-state index in [0.717, 1.165) is 12.3 Å². The molecule has 140 valence electrons. The van der Waals surface area contributed by atoms with Crippen LogP contribution in [-0.2, 0) is 6.18 Å². The number of benzene rings is 1. The summed E-state index contributed by atoms with van der Waals surface area (Å²) in [5.41, 5.74) is -0.363. The number of hydrogen-bond donors (Lipinski definition) is 0. The van der Waals surface area contributed by atoms with Gasteiger partial charge in [-0.05, 0) is 31.2 Å². The Hall–Kier alpha value is -2.95. The highest BCUT2D eigenvalue weighted by Gasteiger charge is 2.30. The minimum absolute atomic E-state index is 0.0595. The van der Waals surface area contributed by atoms with Gasteiger partial charge in [-0.2, -0.15) is 13.2 Å². The lowest BCUT2D eigenvalue weighted by atomic mass is 10.2. The third-order valence-electron chi connectivity index (χ3n) is 3.47. The third-order valence-corrected chi connectivity index (χ3v) is 4.51. The largest absolute Gasteiger partial charge is 0.419 e. The molecule has 0 N–H and O–H groups in total. The first-order valence-electron chi connectivity index (χ1n) is 7.52. The van der Waals surface area contributed by atoms with Crippen LogP contribution in [0.4, 0.5) is 18.9 Å². The number of non-ortho nitro benzene ring substituents is 1. The molecule has 7 nitrogen and oxygen atoms in total. The van der Waals surface area contributed by atoms with Gasteiger partial charge < -0.3 is 4.42 Å². The number of pyridine rings is 1. The zero-order valence-corrected chi connectivity index (χ0v) is 14.5. The molecule has 1 aromatic carbocycles. The Balaban J connectivity index is 1.71. The van der Waals surface area contributed by atoms with E-state index in [2.05, 4.69) is 15.2 Å². The van der Waals surface area contributed by atoms with Crippen molar-refractivity contribution < 1.29 is 22.5 Å². The van der Waals surface area contributed by atoms with Crippen molar-refractivity contribution in [3.8, 4) is 11.5 Å². The van der Waals surface area contributed by atoms with Crippen molar-refractivity contribution >= 4 is 17.4 Å². The van der Waals surface area contributed by atoms with E-state index in [9.17, 15) is 23.3 Å². The fourth-order valence-corrected chi connectivity index (χ4v) is 2.91. The molecule has 27 heavy (non-hydrogen) atoms. The Labute approximate surface area is 154 Å². The summed E-state index contributed by atoms with van der Waals surface area (Å²) >= 11 is 1.17. The van der Waals surface area contributed by atoms with Crippen LogP contribution in [0.1, 0.15) is 23.6 Å². The minimum Gasteiger partial charge on any atom is -0.419 e. The second-order valence-corrected chi connectivity index (χ2v) is 6.75. The predicted molar refractivity (Wildman–Crippen MR) is 89.9 cm³/mol. The topological polar surface area (TPSA) is 95.0 Å². The quantitative estimate of drug-likeness (QED) is 0.343. The molecular formula is C16H11F3N4O3S. The number of nitrogens with zero attached hydrogens (tertiary/aromatic N) is 4. The lowest BCUT2D eigenvalue weighted by Gasteiger charge is -2.08. The van der Waals surface area contributed by atoms with Crippen molar-refractivity contribution in [1.29, 1.82) is 0 Å². The maximum absolute atomic E-state index is 12.6. The van der Waals surface area contributed by atoms with Crippen LogP contribution in [0.2, 0.25) is 0 Å². The zero-order valence-electron chi connectivity index (χ0n) is 13.7. The number of halogens is 3. The maximum atomic E-state index is 12.6. The first-order valence-corrected chi connectivity index (χ1v) is 8.40. The zero-order chi connectivity index (χ0) is 19.6. The molecule has 2 aromatic heterocycles. The van der Waals surface area contributed by atoms with Crippen LogP contribution in [0, 0.1) is 10.1 Å². The van der Waals surface area contributed by atoms with Gasteiger partial charge in [-0.3, -0.25) is 10.1 Å². The standard InChI is InChI=1S/C16H11F3N4O3S/c1-9(27-13-7-4-11(8-20-13)16(17,18)19)14-21-22-15(26-14)10-2-5-12(6-3-10)23(24)25/h2-9H,1H3. The van der Waals surface area contributed by atoms with E-state index < -0.39 is 16.7 Å². The normalized spacial score (nSPS) is 12.7. The van der Waals surface area contributed by atoms with Gasteiger partial charge in [0.15, 0.2) is 0 Å². The van der Waals surface area contributed by atoms with Gasteiger partial charge in [-0.25, -0.2) is 4.98 Å². The summed E-state index contributed by atoms with van der Waals surface area (Å²) in [4.78, 5) is 14.0. The van der Waals surface area contributed by atoms with Gasteiger partial charge in [0.1, 0.15) is 0 Å². The van der Waals surface area contributed by atoms with E-state index in [1.54, 1.807) is 6.92 Å². The summed E-state index contributed by atoms with van der Waals surface area (Å²) in [6.07, 6.45) is -3.67. The van der Waals surface area contributed by atoms with Gasteiger partial charge in [0, 0.05) is 23.9 Å². The molecule has 1 unspecified atom stereocenters. The van der Waals surface area contributed by atoms with Crippen LogP contribution >= 0.6 is 11.8 Å². The number of aromatic nitrogens is 3. The first kappa shape index (κ1) is 18.8. The molecule has 0 fully saturated rings. The SMILES string of the molecule is CC(Sc1ccc(C(F)(F)F)cn1)c1nnc(-c2ccc([N+](=O)[O-])cc2)o1. The summed E-state index contributed by atoms with van der Waals surface area (Å²) < 4.78 is 43.2. The van der Waals surface area contributed by atoms with E-state index >= 15 is 0 Å². The van der Waals surface area contributed by atoms with Gasteiger partial charge in [0.05, 0.1) is 20.8 Å². The Bertz CT molecular complexity index is 943. The van der Waals surface area contributed by atoms with E-state index in [0.29, 0.717) is 10.6 Å². The molecule has 11 heteroatoms. The van der Waals surface area contributed by atoms with Crippen LogP contribution in [-0.4, -0.2) is 20.1 Å². The molecule has 3 aromatic rings. The Morgan fingerprint density at radius 2 is 1.85 bits per heavy atom. The van der Waals surface area contributed by atoms with Gasteiger partial charge in [0.2, 0.25) is 11.8 Å². The molecule has 0 saturated carbocycles. The summed E-state index contributed by atoms with van der Waals surface area (Å²) in [6, 6.07) is 7.86. The molecule has 0 aliphatic carbocycles. The summed E-state index contributed by atoms with van der Waals surface area (Å²) in [5.74, 6) is 0.447. The van der Waals surface area contributed by atoms with Crippen molar-refractivity contribution in [3.63, 3.8) is 0 Å². The first-order chi connectivity index (χ1) is 12.7.